The Hall–Kier alpha value is -3.25. The smallest absolute Gasteiger partial charge is 0.192 e. The van der Waals surface area contributed by atoms with E-state index >= 15 is 0 Å². The lowest BCUT2D eigenvalue weighted by Gasteiger charge is -2.10. The maximum Gasteiger partial charge on any atom is 0.192 e. The number of Topliss-reactive ketones (excluding diaryl/α,β-unsaturated/α-hetero) is 1. The summed E-state index contributed by atoms with van der Waals surface area (Å²) in [4.78, 5) is 16.9. The van der Waals surface area contributed by atoms with Crippen LogP contribution in [-0.2, 0) is 6.54 Å². The van der Waals surface area contributed by atoms with E-state index in [1.54, 1.807) is 12.4 Å². The topological polar surface area (TPSA) is 60.7 Å². The van der Waals surface area contributed by atoms with Gasteiger partial charge in [-0.15, -0.1) is 10.2 Å². The first-order valence-electron chi connectivity index (χ1n) is 9.72. The van der Waals surface area contributed by atoms with Gasteiger partial charge in [-0.05, 0) is 48.7 Å². The molecule has 0 aliphatic heterocycles. The second kappa shape index (κ2) is 9.05. The summed E-state index contributed by atoms with van der Waals surface area (Å²) in [5.41, 5.74) is 5.07. The van der Waals surface area contributed by atoms with Crippen LogP contribution in [0.4, 0.5) is 0 Å². The molecule has 0 atom stereocenters. The molecule has 0 saturated heterocycles. The van der Waals surface area contributed by atoms with Gasteiger partial charge in [0.1, 0.15) is 0 Å². The maximum absolute atomic E-state index is 12.7. The minimum absolute atomic E-state index is 0.0836. The lowest BCUT2D eigenvalue weighted by molar-refractivity contribution is 0.102. The summed E-state index contributed by atoms with van der Waals surface area (Å²) in [5, 5.41) is 9.50. The average molecular weight is 415 g/mol. The summed E-state index contributed by atoms with van der Waals surface area (Å²) in [7, 11) is 0. The van der Waals surface area contributed by atoms with Crippen molar-refractivity contribution in [1.82, 2.24) is 19.7 Å². The van der Waals surface area contributed by atoms with Gasteiger partial charge in [0, 0.05) is 23.5 Å². The van der Waals surface area contributed by atoms with Crippen molar-refractivity contribution in [3.8, 4) is 11.4 Å². The molecule has 0 spiro atoms. The molecule has 0 radical (unpaired) electrons. The van der Waals surface area contributed by atoms with Gasteiger partial charge in [-0.3, -0.25) is 14.3 Å². The first-order chi connectivity index (χ1) is 14.6. The molecule has 2 heterocycles. The number of hydrogen-bond acceptors (Lipinski definition) is 5. The lowest BCUT2D eigenvalue weighted by Crippen LogP contribution is -2.07. The van der Waals surface area contributed by atoms with Crippen LogP contribution < -0.4 is 0 Å². The third-order valence-electron chi connectivity index (χ3n) is 4.98. The molecule has 2 aromatic heterocycles. The van der Waals surface area contributed by atoms with Crippen molar-refractivity contribution in [1.29, 1.82) is 0 Å². The number of hydrogen-bond donors (Lipinski definition) is 0. The van der Waals surface area contributed by atoms with Crippen molar-refractivity contribution in [2.45, 2.75) is 25.5 Å². The molecule has 2 aromatic carbocycles. The van der Waals surface area contributed by atoms with Crippen LogP contribution in [-0.4, -0.2) is 31.3 Å². The molecular weight excluding hydrogens is 392 g/mol. The second-order valence-electron chi connectivity index (χ2n) is 7.13. The van der Waals surface area contributed by atoms with Crippen LogP contribution in [0, 0.1) is 13.8 Å². The molecule has 0 aliphatic rings. The highest BCUT2D eigenvalue weighted by Crippen LogP contribution is 2.25. The minimum atomic E-state index is 0.0836. The zero-order valence-corrected chi connectivity index (χ0v) is 17.8. The van der Waals surface area contributed by atoms with E-state index in [0.29, 0.717) is 12.3 Å². The van der Waals surface area contributed by atoms with Crippen LogP contribution in [0.15, 0.2) is 78.2 Å². The first-order valence-corrected chi connectivity index (χ1v) is 10.7. The fourth-order valence-electron chi connectivity index (χ4n) is 3.14. The van der Waals surface area contributed by atoms with E-state index < -0.39 is 0 Å². The zero-order valence-electron chi connectivity index (χ0n) is 16.9. The Morgan fingerprint density at radius 3 is 2.53 bits per heavy atom. The molecule has 0 bridgehead atoms. The fourth-order valence-corrected chi connectivity index (χ4v) is 3.97. The van der Waals surface area contributed by atoms with Gasteiger partial charge in [-0.2, -0.15) is 0 Å². The van der Waals surface area contributed by atoms with Crippen molar-refractivity contribution in [2.75, 3.05) is 5.75 Å². The highest BCUT2D eigenvalue weighted by atomic mass is 32.2. The average Bonchev–Trinajstić information content (AvgIpc) is 3.17. The number of thioether (sulfide) groups is 1. The second-order valence-corrected chi connectivity index (χ2v) is 8.07. The predicted octanol–water partition coefficient (Wildman–Crippen LogP) is 4.98. The number of carbonyl (C=O) groups excluding carboxylic acids is 1. The Bertz CT molecular complexity index is 1160. The molecule has 5 nitrogen and oxygen atoms in total. The van der Waals surface area contributed by atoms with Gasteiger partial charge in [0.05, 0.1) is 12.3 Å². The first kappa shape index (κ1) is 20.0. The molecule has 0 unspecified atom stereocenters. The van der Waals surface area contributed by atoms with Crippen molar-refractivity contribution >= 4 is 17.5 Å². The SMILES string of the molecule is Cc1ccc(C(=O)CSc2nnc(-c3cccnc3)n2Cc2ccccc2)cc1C. The molecule has 150 valence electrons. The molecular formula is C24H22N4OS. The van der Waals surface area contributed by atoms with Gasteiger partial charge in [0.15, 0.2) is 16.8 Å². The Morgan fingerprint density at radius 1 is 0.967 bits per heavy atom. The molecule has 0 fully saturated rings. The molecule has 0 amide bonds. The third-order valence-corrected chi connectivity index (χ3v) is 5.95. The monoisotopic (exact) mass is 414 g/mol. The molecule has 30 heavy (non-hydrogen) atoms. The van der Waals surface area contributed by atoms with Crippen molar-refractivity contribution in [2.24, 2.45) is 0 Å². The van der Waals surface area contributed by atoms with Gasteiger partial charge in [-0.1, -0.05) is 54.2 Å². The summed E-state index contributed by atoms with van der Waals surface area (Å²) in [5.74, 6) is 1.14. The maximum atomic E-state index is 12.7. The van der Waals surface area contributed by atoms with Gasteiger partial charge >= 0.3 is 0 Å². The number of aryl methyl sites for hydroxylation is 2. The number of ketones is 1. The summed E-state index contributed by atoms with van der Waals surface area (Å²) in [6.45, 7) is 4.69. The molecule has 0 saturated carbocycles. The molecule has 4 rings (SSSR count). The van der Waals surface area contributed by atoms with E-state index in [1.165, 1.54) is 17.3 Å². The van der Waals surface area contributed by atoms with Gasteiger partial charge in [0.25, 0.3) is 0 Å². The predicted molar refractivity (Wildman–Crippen MR) is 120 cm³/mol. The van der Waals surface area contributed by atoms with Crippen LogP contribution in [0.25, 0.3) is 11.4 Å². The highest BCUT2D eigenvalue weighted by Gasteiger charge is 2.17. The van der Waals surface area contributed by atoms with Crippen molar-refractivity contribution in [3.05, 3.63) is 95.3 Å². The normalized spacial score (nSPS) is 10.9. The zero-order chi connectivity index (χ0) is 20.9. The number of pyridine rings is 1. The van der Waals surface area contributed by atoms with Crippen LogP contribution in [0.5, 0.6) is 0 Å². The molecule has 0 aliphatic carbocycles. The number of carbonyl (C=O) groups is 1. The van der Waals surface area contributed by atoms with E-state index in [4.69, 9.17) is 0 Å². The third kappa shape index (κ3) is 4.49. The fraction of sp³-hybridized carbons (Fsp3) is 0.167. The standard InChI is InChI=1S/C24H22N4OS/c1-17-10-11-20(13-18(17)2)22(29)16-30-24-27-26-23(21-9-6-12-25-14-21)28(24)15-19-7-4-3-5-8-19/h3-14H,15-16H2,1-2H3. The van der Waals surface area contributed by atoms with Crippen LogP contribution in [0.1, 0.15) is 27.0 Å². The highest BCUT2D eigenvalue weighted by molar-refractivity contribution is 7.99. The molecule has 0 N–H and O–H groups in total. The Morgan fingerprint density at radius 2 is 1.80 bits per heavy atom. The van der Waals surface area contributed by atoms with Crippen molar-refractivity contribution < 1.29 is 4.79 Å². The summed E-state index contributed by atoms with van der Waals surface area (Å²) >= 11 is 1.41. The molecule has 4 aromatic rings. The van der Waals surface area contributed by atoms with E-state index in [2.05, 4.69) is 27.3 Å². The van der Waals surface area contributed by atoms with Crippen LogP contribution >= 0.6 is 11.8 Å². The Kier molecular flexibility index (Phi) is 6.05. The number of rotatable bonds is 7. The van der Waals surface area contributed by atoms with E-state index in [0.717, 1.165) is 33.2 Å². The largest absolute Gasteiger partial charge is 0.297 e. The number of aromatic nitrogens is 4. The van der Waals surface area contributed by atoms with Gasteiger partial charge in [0.2, 0.25) is 0 Å². The van der Waals surface area contributed by atoms with Crippen molar-refractivity contribution in [3.63, 3.8) is 0 Å². The van der Waals surface area contributed by atoms with Gasteiger partial charge < -0.3 is 0 Å². The van der Waals surface area contributed by atoms with E-state index in [1.807, 2.05) is 66.9 Å². The molecule has 6 heteroatoms. The number of benzene rings is 2. The minimum Gasteiger partial charge on any atom is -0.297 e. The van der Waals surface area contributed by atoms with E-state index in [9.17, 15) is 4.79 Å². The van der Waals surface area contributed by atoms with Gasteiger partial charge in [-0.25, -0.2) is 0 Å². The summed E-state index contributed by atoms with van der Waals surface area (Å²) in [6.07, 6.45) is 3.51. The summed E-state index contributed by atoms with van der Waals surface area (Å²) < 4.78 is 2.05. The Balaban J connectivity index is 1.60. The lowest BCUT2D eigenvalue weighted by atomic mass is 10.0. The Labute approximate surface area is 180 Å². The van der Waals surface area contributed by atoms with E-state index in [-0.39, 0.29) is 5.78 Å². The quantitative estimate of drug-likeness (QED) is 0.315. The van der Waals surface area contributed by atoms with Crippen LogP contribution in [0.2, 0.25) is 0 Å². The van der Waals surface area contributed by atoms with Crippen LogP contribution in [0.3, 0.4) is 0 Å². The number of nitrogens with zero attached hydrogens (tertiary/aromatic N) is 4. The summed E-state index contributed by atoms with van der Waals surface area (Å²) in [6, 6.07) is 19.8.